The molecule has 1 aliphatic heterocycles. The minimum Gasteiger partial charge on any atom is -0.711 e. The molecule has 0 bridgehead atoms. The molecule has 2 aromatic rings. The number of nitrogens with one attached hydrogen (secondary N) is 2. The van der Waals surface area contributed by atoms with Crippen molar-refractivity contribution in [2.75, 3.05) is 18.5 Å². The van der Waals surface area contributed by atoms with Gasteiger partial charge in [-0.1, -0.05) is 12.1 Å². The van der Waals surface area contributed by atoms with Crippen molar-refractivity contribution < 1.29 is 24.2 Å². The number of carboxylic acids is 1. The Bertz CT molecular complexity index is 886. The molecule has 0 aliphatic carbocycles. The molecule has 0 radical (unpaired) electrons. The predicted octanol–water partition coefficient (Wildman–Crippen LogP) is 2.03. The minimum absolute atomic E-state index is 0.186. The molecule has 2 unspecified atom stereocenters. The van der Waals surface area contributed by atoms with Crippen molar-refractivity contribution in [1.82, 2.24) is 5.32 Å². The molecule has 0 spiro atoms. The SMILES string of the molecule is CC1NC(=O)C(CC(=O)O)Cc2ccc(OCCCNc3cccc[n+]3[O-])cc21. The molecule has 1 aliphatic rings. The molecule has 1 amide bonds. The van der Waals surface area contributed by atoms with Gasteiger partial charge >= 0.3 is 5.97 Å². The number of amides is 1. The molecule has 29 heavy (non-hydrogen) atoms. The quantitative estimate of drug-likeness (QED) is 0.355. The first-order chi connectivity index (χ1) is 13.9. The first-order valence-electron chi connectivity index (χ1n) is 9.64. The van der Waals surface area contributed by atoms with Crippen molar-refractivity contribution >= 4 is 17.7 Å². The molecule has 154 valence electrons. The Kier molecular flexibility index (Phi) is 6.54. The summed E-state index contributed by atoms with van der Waals surface area (Å²) in [6.45, 7) is 2.95. The average molecular weight is 399 g/mol. The lowest BCUT2D eigenvalue weighted by Crippen LogP contribution is -2.32. The van der Waals surface area contributed by atoms with Gasteiger partial charge in [-0.25, -0.2) is 4.73 Å². The molecular formula is C21H25N3O5. The van der Waals surface area contributed by atoms with Crippen LogP contribution in [-0.4, -0.2) is 30.1 Å². The van der Waals surface area contributed by atoms with Crippen molar-refractivity contribution in [3.63, 3.8) is 0 Å². The van der Waals surface area contributed by atoms with Gasteiger partial charge in [-0.3, -0.25) is 14.9 Å². The van der Waals surface area contributed by atoms with Gasteiger partial charge in [0.05, 0.1) is 37.7 Å². The van der Waals surface area contributed by atoms with Gasteiger partial charge in [-0.05, 0) is 42.7 Å². The average Bonchev–Trinajstić information content (AvgIpc) is 2.79. The molecule has 1 aromatic carbocycles. The molecule has 1 aromatic heterocycles. The van der Waals surface area contributed by atoms with Gasteiger partial charge in [0.25, 0.3) is 5.82 Å². The van der Waals surface area contributed by atoms with Crippen LogP contribution in [0.4, 0.5) is 5.82 Å². The van der Waals surface area contributed by atoms with Gasteiger partial charge in [0, 0.05) is 12.5 Å². The normalized spacial score (nSPS) is 18.3. The van der Waals surface area contributed by atoms with E-state index < -0.39 is 11.9 Å². The van der Waals surface area contributed by atoms with E-state index in [4.69, 9.17) is 9.84 Å². The summed E-state index contributed by atoms with van der Waals surface area (Å²) < 4.78 is 6.59. The highest BCUT2D eigenvalue weighted by Gasteiger charge is 2.29. The zero-order valence-electron chi connectivity index (χ0n) is 16.3. The lowest BCUT2D eigenvalue weighted by atomic mass is 9.93. The second-order valence-corrected chi connectivity index (χ2v) is 7.13. The smallest absolute Gasteiger partial charge is 0.304 e. The lowest BCUT2D eigenvalue weighted by molar-refractivity contribution is -0.590. The zero-order valence-corrected chi connectivity index (χ0v) is 16.3. The molecule has 8 heteroatoms. The molecule has 3 N–H and O–H groups in total. The molecule has 0 saturated heterocycles. The number of hydrogen-bond donors (Lipinski definition) is 3. The van der Waals surface area contributed by atoms with Crippen molar-refractivity contribution in [1.29, 1.82) is 0 Å². The fourth-order valence-electron chi connectivity index (χ4n) is 3.44. The number of carboxylic acid groups (broad SMARTS) is 1. The number of rotatable bonds is 8. The van der Waals surface area contributed by atoms with E-state index in [9.17, 15) is 14.8 Å². The number of carbonyl (C=O) groups excluding carboxylic acids is 1. The summed E-state index contributed by atoms with van der Waals surface area (Å²) in [6, 6.07) is 10.6. The van der Waals surface area contributed by atoms with Crippen LogP contribution >= 0.6 is 0 Å². The molecule has 8 nitrogen and oxygen atoms in total. The van der Waals surface area contributed by atoms with Crippen LogP contribution in [0.25, 0.3) is 0 Å². The summed E-state index contributed by atoms with van der Waals surface area (Å²) >= 11 is 0. The van der Waals surface area contributed by atoms with E-state index in [1.165, 1.54) is 6.20 Å². The number of fused-ring (bicyclic) bond motifs is 1. The van der Waals surface area contributed by atoms with Crippen LogP contribution in [0.1, 0.15) is 36.9 Å². The third kappa shape index (κ3) is 5.37. The predicted molar refractivity (Wildman–Crippen MR) is 106 cm³/mol. The highest BCUT2D eigenvalue weighted by Crippen LogP contribution is 2.29. The van der Waals surface area contributed by atoms with E-state index >= 15 is 0 Å². The Balaban J connectivity index is 1.56. The molecule has 2 atom stereocenters. The van der Waals surface area contributed by atoms with Crippen LogP contribution in [-0.2, 0) is 16.0 Å². The maximum absolute atomic E-state index is 12.3. The van der Waals surface area contributed by atoms with E-state index in [-0.39, 0.29) is 18.4 Å². The van der Waals surface area contributed by atoms with Gasteiger partial charge in [-0.2, -0.15) is 0 Å². The van der Waals surface area contributed by atoms with Gasteiger partial charge < -0.3 is 20.4 Å². The maximum atomic E-state index is 12.3. The molecule has 0 saturated carbocycles. The number of benzene rings is 1. The second-order valence-electron chi connectivity index (χ2n) is 7.13. The zero-order chi connectivity index (χ0) is 20.8. The van der Waals surface area contributed by atoms with Gasteiger partial charge in [-0.15, -0.1) is 0 Å². The van der Waals surface area contributed by atoms with Crippen molar-refractivity contribution in [3.8, 4) is 5.75 Å². The Morgan fingerprint density at radius 3 is 2.97 bits per heavy atom. The summed E-state index contributed by atoms with van der Waals surface area (Å²) in [7, 11) is 0. The number of ether oxygens (including phenoxy) is 1. The first kappa shape index (κ1) is 20.4. The van der Waals surface area contributed by atoms with E-state index in [2.05, 4.69) is 10.6 Å². The fraction of sp³-hybridized carbons (Fsp3) is 0.381. The monoisotopic (exact) mass is 399 g/mol. The van der Waals surface area contributed by atoms with E-state index in [1.54, 1.807) is 18.2 Å². The Hall–Kier alpha value is -3.29. The fourth-order valence-corrected chi connectivity index (χ4v) is 3.44. The number of pyridine rings is 1. The molecular weight excluding hydrogens is 374 g/mol. The number of nitrogens with zero attached hydrogens (tertiary/aromatic N) is 1. The van der Waals surface area contributed by atoms with Crippen molar-refractivity contribution in [2.24, 2.45) is 5.92 Å². The van der Waals surface area contributed by atoms with E-state index in [0.29, 0.717) is 37.6 Å². The van der Waals surface area contributed by atoms with E-state index in [0.717, 1.165) is 15.9 Å². The molecule has 2 heterocycles. The Labute approximate surface area is 169 Å². The highest BCUT2D eigenvalue weighted by molar-refractivity contribution is 5.84. The van der Waals surface area contributed by atoms with Crippen LogP contribution in [0.5, 0.6) is 5.75 Å². The van der Waals surface area contributed by atoms with E-state index in [1.807, 2.05) is 25.1 Å². The third-order valence-electron chi connectivity index (χ3n) is 4.92. The summed E-state index contributed by atoms with van der Waals surface area (Å²) in [6.07, 6.45) is 2.36. The summed E-state index contributed by atoms with van der Waals surface area (Å²) in [4.78, 5) is 23.3. The second kappa shape index (κ2) is 9.27. The third-order valence-corrected chi connectivity index (χ3v) is 4.92. The van der Waals surface area contributed by atoms with Crippen LogP contribution in [0.15, 0.2) is 42.6 Å². The summed E-state index contributed by atoms with van der Waals surface area (Å²) in [5, 5.41) is 26.5. The van der Waals surface area contributed by atoms with Crippen LogP contribution in [0.3, 0.4) is 0 Å². The van der Waals surface area contributed by atoms with Crippen molar-refractivity contribution in [2.45, 2.75) is 32.2 Å². The summed E-state index contributed by atoms with van der Waals surface area (Å²) in [5.74, 6) is -0.595. The van der Waals surface area contributed by atoms with Gasteiger partial charge in [0.15, 0.2) is 0 Å². The van der Waals surface area contributed by atoms with Crippen molar-refractivity contribution in [3.05, 3.63) is 58.9 Å². The Morgan fingerprint density at radius 2 is 2.21 bits per heavy atom. The van der Waals surface area contributed by atoms with Crippen LogP contribution < -0.4 is 20.1 Å². The number of aromatic nitrogens is 1. The highest BCUT2D eigenvalue weighted by atomic mass is 16.5. The Morgan fingerprint density at radius 1 is 1.38 bits per heavy atom. The standard InChI is InChI=1S/C21H25N3O5/c1-14-18-13-17(29-10-4-8-22-19-5-2-3-9-24(19)28)7-6-15(18)11-16(12-20(25)26)21(27)23-14/h2-3,5-7,9,13-14,16,22H,4,8,10-12H2,1H3,(H,23,27)(H,25,26). The number of aliphatic carboxylic acids is 1. The summed E-state index contributed by atoms with van der Waals surface area (Å²) in [5.41, 5.74) is 1.90. The number of anilines is 1. The van der Waals surface area contributed by atoms with Gasteiger partial charge in [0.2, 0.25) is 5.91 Å². The largest absolute Gasteiger partial charge is 0.711 e. The number of carbonyl (C=O) groups is 2. The first-order valence-corrected chi connectivity index (χ1v) is 9.64. The molecule has 3 rings (SSSR count). The lowest BCUT2D eigenvalue weighted by Gasteiger charge is -2.15. The van der Waals surface area contributed by atoms with Gasteiger partial charge in [0.1, 0.15) is 5.75 Å². The number of hydrogen-bond acceptors (Lipinski definition) is 5. The minimum atomic E-state index is -0.979. The van der Waals surface area contributed by atoms with Crippen LogP contribution in [0.2, 0.25) is 0 Å². The van der Waals surface area contributed by atoms with Crippen LogP contribution in [0, 0.1) is 11.1 Å². The molecule has 0 fully saturated rings. The maximum Gasteiger partial charge on any atom is 0.304 e. The topological polar surface area (TPSA) is 115 Å².